The highest BCUT2D eigenvalue weighted by Crippen LogP contribution is 2.12. The maximum atomic E-state index is 9.15. The zero-order chi connectivity index (χ0) is 7.65. The van der Waals surface area contributed by atoms with Gasteiger partial charge in [-0.25, -0.2) is 0 Å². The van der Waals surface area contributed by atoms with Crippen LogP contribution in [-0.4, -0.2) is 29.7 Å². The van der Waals surface area contributed by atoms with E-state index in [1.807, 2.05) is 13.1 Å². The van der Waals surface area contributed by atoms with E-state index in [0.717, 1.165) is 0 Å². The Balaban J connectivity index is 4.01. The molecule has 0 spiro atoms. The third kappa shape index (κ3) is 2.08. The van der Waals surface area contributed by atoms with Crippen LogP contribution in [0.15, 0.2) is 0 Å². The SMILES string of the molecule is C[C@H](O)[Si](C)(C)[C@H](C)O. The monoisotopic (exact) mass is 148 g/mol. The summed E-state index contributed by atoms with van der Waals surface area (Å²) in [6, 6.07) is 0. The summed E-state index contributed by atoms with van der Waals surface area (Å²) in [4.78, 5) is 0. The van der Waals surface area contributed by atoms with Gasteiger partial charge in [0.25, 0.3) is 0 Å². The van der Waals surface area contributed by atoms with Crippen molar-refractivity contribution in [2.24, 2.45) is 0 Å². The van der Waals surface area contributed by atoms with E-state index in [9.17, 15) is 0 Å². The standard InChI is InChI=1S/C6H16O2Si/c1-5(7)9(3,4)6(2)8/h5-8H,1-4H3/t5-,6-/m1/s1. The van der Waals surface area contributed by atoms with E-state index in [4.69, 9.17) is 10.2 Å². The second-order valence-electron chi connectivity index (χ2n) is 3.17. The van der Waals surface area contributed by atoms with E-state index in [-0.39, 0.29) is 11.5 Å². The molecule has 0 aliphatic carbocycles. The van der Waals surface area contributed by atoms with Gasteiger partial charge in [0.2, 0.25) is 0 Å². The maximum Gasteiger partial charge on any atom is 0.113 e. The van der Waals surface area contributed by atoms with Gasteiger partial charge in [0.1, 0.15) is 8.07 Å². The van der Waals surface area contributed by atoms with Gasteiger partial charge >= 0.3 is 0 Å². The van der Waals surface area contributed by atoms with Crippen molar-refractivity contribution in [3.05, 3.63) is 0 Å². The molecule has 0 amide bonds. The molecule has 0 aliphatic rings. The predicted octanol–water partition coefficient (Wildman–Crippen LogP) is 0.535. The molecular formula is C6H16O2Si. The van der Waals surface area contributed by atoms with E-state index in [1.165, 1.54) is 0 Å². The minimum atomic E-state index is -1.75. The highest BCUT2D eigenvalue weighted by atomic mass is 28.3. The summed E-state index contributed by atoms with van der Waals surface area (Å²) in [7, 11) is -1.75. The molecule has 0 fully saturated rings. The highest BCUT2D eigenvalue weighted by molar-refractivity contribution is 6.79. The average molecular weight is 148 g/mol. The van der Waals surface area contributed by atoms with Crippen molar-refractivity contribution >= 4 is 8.07 Å². The van der Waals surface area contributed by atoms with Gasteiger partial charge in [0.05, 0.1) is 0 Å². The van der Waals surface area contributed by atoms with Crippen molar-refractivity contribution in [1.29, 1.82) is 0 Å². The van der Waals surface area contributed by atoms with Crippen LogP contribution in [-0.2, 0) is 0 Å². The number of aliphatic hydroxyl groups is 2. The molecule has 3 heteroatoms. The number of aliphatic hydroxyl groups excluding tert-OH is 2. The smallest absolute Gasteiger partial charge is 0.113 e. The molecule has 0 aromatic rings. The van der Waals surface area contributed by atoms with Crippen LogP contribution in [0, 0.1) is 0 Å². The van der Waals surface area contributed by atoms with Gasteiger partial charge < -0.3 is 10.2 Å². The number of hydrogen-bond acceptors (Lipinski definition) is 2. The molecule has 0 heterocycles. The van der Waals surface area contributed by atoms with Gasteiger partial charge in [-0.1, -0.05) is 13.1 Å². The summed E-state index contributed by atoms with van der Waals surface area (Å²) in [5.74, 6) is 0. The van der Waals surface area contributed by atoms with Gasteiger partial charge in [-0.15, -0.1) is 0 Å². The fourth-order valence-corrected chi connectivity index (χ4v) is 1.05. The van der Waals surface area contributed by atoms with Crippen LogP contribution >= 0.6 is 0 Å². The van der Waals surface area contributed by atoms with Gasteiger partial charge in [0, 0.05) is 11.5 Å². The summed E-state index contributed by atoms with van der Waals surface area (Å²) in [5.41, 5.74) is -0.644. The Kier molecular flexibility index (Phi) is 2.86. The van der Waals surface area contributed by atoms with Crippen LogP contribution in [0.2, 0.25) is 13.1 Å². The molecule has 0 bridgehead atoms. The highest BCUT2D eigenvalue weighted by Gasteiger charge is 2.32. The maximum absolute atomic E-state index is 9.15. The third-order valence-electron chi connectivity index (χ3n) is 2.15. The number of hydrogen-bond donors (Lipinski definition) is 2. The van der Waals surface area contributed by atoms with Crippen LogP contribution in [0.25, 0.3) is 0 Å². The lowest BCUT2D eigenvalue weighted by molar-refractivity contribution is 0.219. The Labute approximate surface area is 57.5 Å². The lowest BCUT2D eigenvalue weighted by Crippen LogP contribution is -2.49. The van der Waals surface area contributed by atoms with E-state index in [0.29, 0.717) is 0 Å². The molecule has 0 unspecified atom stereocenters. The molecular weight excluding hydrogens is 132 g/mol. The topological polar surface area (TPSA) is 40.5 Å². The Hall–Kier alpha value is 0.137. The molecule has 2 nitrogen and oxygen atoms in total. The summed E-state index contributed by atoms with van der Waals surface area (Å²) in [5, 5.41) is 18.3. The fraction of sp³-hybridized carbons (Fsp3) is 1.00. The molecule has 0 radical (unpaired) electrons. The summed E-state index contributed by atoms with van der Waals surface area (Å²) in [6.45, 7) is 7.45. The van der Waals surface area contributed by atoms with Crippen molar-refractivity contribution in [3.63, 3.8) is 0 Å². The van der Waals surface area contributed by atoms with Crippen LogP contribution in [0.3, 0.4) is 0 Å². The normalized spacial score (nSPS) is 19.3. The van der Waals surface area contributed by atoms with Gasteiger partial charge in [-0.3, -0.25) is 0 Å². The van der Waals surface area contributed by atoms with Gasteiger partial charge in [0.15, 0.2) is 0 Å². The first-order valence-electron chi connectivity index (χ1n) is 3.25. The minimum absolute atomic E-state index is 0.322. The van der Waals surface area contributed by atoms with Crippen LogP contribution in [0.5, 0.6) is 0 Å². The van der Waals surface area contributed by atoms with E-state index in [1.54, 1.807) is 13.8 Å². The predicted molar refractivity (Wildman–Crippen MR) is 40.8 cm³/mol. The second-order valence-corrected chi connectivity index (χ2v) is 8.49. The van der Waals surface area contributed by atoms with Gasteiger partial charge in [-0.05, 0) is 13.8 Å². The largest absolute Gasteiger partial charge is 0.397 e. The Morgan fingerprint density at radius 1 is 1.00 bits per heavy atom. The van der Waals surface area contributed by atoms with Crippen LogP contribution in [0.1, 0.15) is 13.8 Å². The molecule has 0 aromatic carbocycles. The first-order valence-corrected chi connectivity index (χ1v) is 6.40. The molecule has 2 N–H and O–H groups in total. The van der Waals surface area contributed by atoms with E-state index >= 15 is 0 Å². The quantitative estimate of drug-likeness (QED) is 0.561. The second kappa shape index (κ2) is 2.81. The zero-order valence-corrected chi connectivity index (χ0v) is 7.55. The van der Waals surface area contributed by atoms with Crippen molar-refractivity contribution in [2.75, 3.05) is 0 Å². The lowest BCUT2D eigenvalue weighted by Gasteiger charge is -2.28. The molecule has 9 heavy (non-hydrogen) atoms. The number of rotatable bonds is 2. The van der Waals surface area contributed by atoms with Crippen LogP contribution < -0.4 is 0 Å². The first-order chi connectivity index (χ1) is 3.89. The molecule has 0 saturated carbocycles. The van der Waals surface area contributed by atoms with Crippen molar-refractivity contribution in [1.82, 2.24) is 0 Å². The summed E-state index contributed by atoms with van der Waals surface area (Å²) in [6.07, 6.45) is 0. The summed E-state index contributed by atoms with van der Waals surface area (Å²) >= 11 is 0. The van der Waals surface area contributed by atoms with Crippen molar-refractivity contribution in [3.8, 4) is 0 Å². The Morgan fingerprint density at radius 3 is 1.22 bits per heavy atom. The summed E-state index contributed by atoms with van der Waals surface area (Å²) < 4.78 is 0. The van der Waals surface area contributed by atoms with Crippen molar-refractivity contribution in [2.45, 2.75) is 38.4 Å². The Bertz CT molecular complexity index is 79.1. The third-order valence-corrected chi connectivity index (χ3v) is 6.46. The first kappa shape index (κ1) is 9.14. The lowest BCUT2D eigenvalue weighted by atomic mass is 10.8. The molecule has 0 aromatic heterocycles. The molecule has 56 valence electrons. The zero-order valence-electron chi connectivity index (χ0n) is 6.55. The average Bonchev–Trinajstić information content (AvgIpc) is 1.65. The van der Waals surface area contributed by atoms with Crippen molar-refractivity contribution < 1.29 is 10.2 Å². The molecule has 0 aliphatic heterocycles. The fourth-order valence-electron chi connectivity index (χ4n) is 0.349. The Morgan fingerprint density at radius 2 is 1.22 bits per heavy atom. The van der Waals surface area contributed by atoms with E-state index < -0.39 is 8.07 Å². The van der Waals surface area contributed by atoms with Gasteiger partial charge in [-0.2, -0.15) is 0 Å². The minimum Gasteiger partial charge on any atom is -0.397 e. The van der Waals surface area contributed by atoms with E-state index in [2.05, 4.69) is 0 Å². The van der Waals surface area contributed by atoms with Crippen LogP contribution in [0.4, 0.5) is 0 Å². The molecule has 0 rings (SSSR count). The molecule has 2 atom stereocenters. The molecule has 0 saturated heterocycles.